The highest BCUT2D eigenvalue weighted by Gasteiger charge is 2.34. The fraction of sp³-hybridized carbons (Fsp3) is 0.300. The number of unbranched alkanes of at least 4 members (excludes halogenated alkanes) is 1. The van der Waals surface area contributed by atoms with E-state index in [1.165, 1.54) is 4.90 Å². The van der Waals surface area contributed by atoms with E-state index in [0.717, 1.165) is 39.6 Å². The van der Waals surface area contributed by atoms with Gasteiger partial charge in [0.1, 0.15) is 17.2 Å². The molecule has 0 radical (unpaired) electrons. The highest BCUT2D eigenvalue weighted by molar-refractivity contribution is 6.21. The standard InChI is InChI=1S/C50H54N8O5/c1-36-15-13-18-41(53-36)34-56(32-39-16-7-9-23-51-39)30-37-27-38(29-43(28-37)62-26-12-11-25-58-47(59)44-20-5-6-21-45(44)48(58)60)31-57(33-40-17-8-10-24-52-40)35-42-19-14-22-46(54-42)55-49(61)63-50(2,3)4/h5-10,13-24,27-29H,11-12,25-26,30-35H2,1-4H3,(H,54,55,61). The minimum Gasteiger partial charge on any atom is -0.494 e. The molecule has 3 amide bonds. The van der Waals surface area contributed by atoms with Crippen LogP contribution in [0, 0.1) is 6.92 Å². The van der Waals surface area contributed by atoms with Gasteiger partial charge in [0, 0.05) is 63.9 Å². The fourth-order valence-corrected chi connectivity index (χ4v) is 7.48. The number of hydrogen-bond donors (Lipinski definition) is 1. The number of fused-ring (bicyclic) bond motifs is 1. The second-order valence-corrected chi connectivity index (χ2v) is 16.7. The Labute approximate surface area is 369 Å². The second kappa shape index (κ2) is 20.8. The third kappa shape index (κ3) is 13.1. The number of hydrogen-bond acceptors (Lipinski definition) is 11. The third-order valence-electron chi connectivity index (χ3n) is 10.1. The smallest absolute Gasteiger partial charge is 0.413 e. The number of amides is 3. The summed E-state index contributed by atoms with van der Waals surface area (Å²) in [6.45, 7) is 11.5. The molecule has 7 rings (SSSR count). The van der Waals surface area contributed by atoms with E-state index in [9.17, 15) is 14.4 Å². The molecule has 0 fully saturated rings. The van der Waals surface area contributed by atoms with Crippen LogP contribution in [0.4, 0.5) is 10.6 Å². The zero-order chi connectivity index (χ0) is 44.2. The van der Waals surface area contributed by atoms with Crippen molar-refractivity contribution in [2.24, 2.45) is 0 Å². The molecule has 0 bridgehead atoms. The van der Waals surface area contributed by atoms with Gasteiger partial charge in [-0.05, 0) is 124 Å². The molecule has 0 saturated carbocycles. The Morgan fingerprint density at radius 3 is 1.73 bits per heavy atom. The highest BCUT2D eigenvalue weighted by atomic mass is 16.6. The van der Waals surface area contributed by atoms with Crippen LogP contribution in [0.15, 0.2) is 128 Å². The number of aromatic nitrogens is 4. The molecule has 0 spiro atoms. The van der Waals surface area contributed by atoms with Crippen LogP contribution in [-0.4, -0.2) is 71.3 Å². The van der Waals surface area contributed by atoms with Gasteiger partial charge in [0.05, 0.1) is 40.5 Å². The van der Waals surface area contributed by atoms with Gasteiger partial charge >= 0.3 is 6.09 Å². The molecule has 1 aliphatic heterocycles. The van der Waals surface area contributed by atoms with Crippen molar-refractivity contribution in [3.05, 3.63) is 178 Å². The van der Waals surface area contributed by atoms with Crippen LogP contribution >= 0.6 is 0 Å². The Balaban J connectivity index is 1.12. The number of imide groups is 1. The van der Waals surface area contributed by atoms with Crippen LogP contribution in [0.5, 0.6) is 5.75 Å². The van der Waals surface area contributed by atoms with Gasteiger partial charge in [-0.15, -0.1) is 0 Å². The Morgan fingerprint density at radius 1 is 0.635 bits per heavy atom. The first kappa shape index (κ1) is 44.2. The van der Waals surface area contributed by atoms with Gasteiger partial charge in [0.15, 0.2) is 0 Å². The summed E-state index contributed by atoms with van der Waals surface area (Å²) in [5.74, 6) is 0.619. The maximum Gasteiger partial charge on any atom is 0.413 e. The minimum absolute atomic E-state index is 0.249. The minimum atomic E-state index is -0.646. The lowest BCUT2D eigenvalue weighted by Gasteiger charge is -2.25. The number of rotatable bonds is 19. The molecule has 5 heterocycles. The van der Waals surface area contributed by atoms with Crippen LogP contribution in [0.3, 0.4) is 0 Å². The first-order chi connectivity index (χ1) is 30.4. The Hall–Kier alpha value is -6.83. The lowest BCUT2D eigenvalue weighted by atomic mass is 10.1. The van der Waals surface area contributed by atoms with Crippen molar-refractivity contribution in [1.29, 1.82) is 0 Å². The summed E-state index contributed by atoms with van der Waals surface area (Å²) >= 11 is 0. The summed E-state index contributed by atoms with van der Waals surface area (Å²) in [5, 5.41) is 2.77. The summed E-state index contributed by atoms with van der Waals surface area (Å²) in [5.41, 5.74) is 6.88. The summed E-state index contributed by atoms with van der Waals surface area (Å²) in [7, 11) is 0. The summed E-state index contributed by atoms with van der Waals surface area (Å²) in [6, 6.07) is 36.8. The van der Waals surface area contributed by atoms with E-state index in [-0.39, 0.29) is 11.8 Å². The number of nitrogens with one attached hydrogen (secondary N) is 1. The average Bonchev–Trinajstić information content (AvgIpc) is 3.48. The number of anilines is 1. The van der Waals surface area contributed by atoms with E-state index in [2.05, 4.69) is 43.3 Å². The summed E-state index contributed by atoms with van der Waals surface area (Å²) < 4.78 is 11.9. The summed E-state index contributed by atoms with van der Waals surface area (Å²) in [6.07, 6.45) is 4.28. The quantitative estimate of drug-likeness (QED) is 0.0618. The van der Waals surface area contributed by atoms with Crippen LogP contribution in [0.1, 0.15) is 93.9 Å². The topological polar surface area (TPSA) is 143 Å². The van der Waals surface area contributed by atoms with E-state index in [4.69, 9.17) is 19.4 Å². The number of ether oxygens (including phenoxy) is 2. The molecule has 0 saturated heterocycles. The number of carbonyl (C=O) groups excluding carboxylic acids is 3. The number of aryl methyl sites for hydroxylation is 1. The average molecular weight is 847 g/mol. The molecule has 63 heavy (non-hydrogen) atoms. The van der Waals surface area contributed by atoms with Crippen molar-refractivity contribution in [2.45, 2.75) is 85.4 Å². The second-order valence-electron chi connectivity index (χ2n) is 16.7. The first-order valence-electron chi connectivity index (χ1n) is 21.3. The van der Waals surface area contributed by atoms with Crippen LogP contribution < -0.4 is 10.1 Å². The SMILES string of the molecule is Cc1cccc(CN(Cc2cc(CN(Cc3ccccn3)Cc3cccc(NC(=O)OC(C)(C)C)n3)cc(OCCCCN3C(=O)c4ccccc4C3=O)c2)Cc2ccccn2)n1. The molecule has 2 aromatic carbocycles. The van der Waals surface area contributed by atoms with Crippen molar-refractivity contribution in [3.8, 4) is 5.75 Å². The molecule has 13 nitrogen and oxygen atoms in total. The largest absolute Gasteiger partial charge is 0.494 e. The zero-order valence-corrected chi connectivity index (χ0v) is 36.4. The lowest BCUT2D eigenvalue weighted by molar-refractivity contribution is 0.0627. The molecule has 324 valence electrons. The van der Waals surface area contributed by atoms with Gasteiger partial charge in [0.2, 0.25) is 0 Å². The van der Waals surface area contributed by atoms with E-state index < -0.39 is 11.7 Å². The normalized spacial score (nSPS) is 12.5. The molecule has 6 aromatic rings. The molecule has 4 aromatic heterocycles. The predicted molar refractivity (Wildman–Crippen MR) is 240 cm³/mol. The predicted octanol–water partition coefficient (Wildman–Crippen LogP) is 8.78. The van der Waals surface area contributed by atoms with Gasteiger partial charge in [-0.2, -0.15) is 0 Å². The molecular formula is C50H54N8O5. The van der Waals surface area contributed by atoms with Gasteiger partial charge in [-0.3, -0.25) is 44.6 Å². The van der Waals surface area contributed by atoms with Crippen molar-refractivity contribution < 1.29 is 23.9 Å². The van der Waals surface area contributed by atoms with Gasteiger partial charge in [-0.25, -0.2) is 9.78 Å². The molecule has 0 unspecified atom stereocenters. The Bertz CT molecular complexity index is 2460. The maximum absolute atomic E-state index is 13.0. The monoisotopic (exact) mass is 846 g/mol. The van der Waals surface area contributed by atoms with E-state index in [1.807, 2.05) is 101 Å². The van der Waals surface area contributed by atoms with Crippen molar-refractivity contribution >= 4 is 23.7 Å². The number of benzene rings is 2. The van der Waals surface area contributed by atoms with Gasteiger partial charge in [-0.1, -0.05) is 42.5 Å². The molecule has 13 heteroatoms. The Morgan fingerprint density at radius 2 is 1.17 bits per heavy atom. The van der Waals surface area contributed by atoms with Crippen LogP contribution in [0.2, 0.25) is 0 Å². The highest BCUT2D eigenvalue weighted by Crippen LogP contribution is 2.25. The molecular weight excluding hydrogens is 793 g/mol. The van der Waals surface area contributed by atoms with E-state index in [0.29, 0.717) is 88.0 Å². The van der Waals surface area contributed by atoms with Crippen molar-refractivity contribution in [3.63, 3.8) is 0 Å². The Kier molecular flexibility index (Phi) is 14.6. The summed E-state index contributed by atoms with van der Waals surface area (Å²) in [4.78, 5) is 63.3. The maximum atomic E-state index is 13.0. The van der Waals surface area contributed by atoms with Crippen molar-refractivity contribution in [1.82, 2.24) is 34.6 Å². The van der Waals surface area contributed by atoms with Crippen LogP contribution in [-0.2, 0) is 44.0 Å². The number of pyridine rings is 4. The van der Waals surface area contributed by atoms with E-state index in [1.54, 1.807) is 36.5 Å². The van der Waals surface area contributed by atoms with Gasteiger partial charge < -0.3 is 9.47 Å². The molecule has 1 aliphatic rings. The lowest BCUT2D eigenvalue weighted by Crippen LogP contribution is -2.30. The van der Waals surface area contributed by atoms with E-state index >= 15 is 0 Å². The molecule has 1 N–H and O–H groups in total. The fourth-order valence-electron chi connectivity index (χ4n) is 7.48. The number of nitrogens with zero attached hydrogens (tertiary/aromatic N) is 7. The molecule has 0 atom stereocenters. The van der Waals surface area contributed by atoms with Crippen molar-refractivity contribution in [2.75, 3.05) is 18.5 Å². The zero-order valence-electron chi connectivity index (χ0n) is 36.4. The third-order valence-corrected chi connectivity index (χ3v) is 10.1. The van der Waals surface area contributed by atoms with Gasteiger partial charge in [0.25, 0.3) is 11.8 Å². The van der Waals surface area contributed by atoms with Crippen LogP contribution in [0.25, 0.3) is 0 Å². The first-order valence-corrected chi connectivity index (χ1v) is 21.3. The number of carbonyl (C=O) groups is 3. The molecule has 0 aliphatic carbocycles.